The maximum absolute atomic E-state index is 10.3. The molecule has 2 rings (SSSR count). The van der Waals surface area contributed by atoms with E-state index in [2.05, 4.69) is 10.2 Å². The topological polar surface area (TPSA) is 55.2 Å². The summed E-state index contributed by atoms with van der Waals surface area (Å²) in [5, 5.41) is 17.8. The maximum atomic E-state index is 10.3. The Morgan fingerprint density at radius 2 is 2.06 bits per heavy atom. The van der Waals surface area contributed by atoms with Crippen molar-refractivity contribution in [3.63, 3.8) is 0 Å². The van der Waals surface area contributed by atoms with Crippen molar-refractivity contribution >= 4 is 0 Å². The van der Waals surface area contributed by atoms with Crippen molar-refractivity contribution in [2.24, 2.45) is 0 Å². The van der Waals surface area contributed by atoms with E-state index in [-0.39, 0.29) is 0 Å². The zero-order valence-electron chi connectivity index (χ0n) is 10.3. The summed E-state index contributed by atoms with van der Waals surface area (Å²) in [7, 11) is 0. The lowest BCUT2D eigenvalue weighted by Crippen LogP contribution is -2.05. The van der Waals surface area contributed by atoms with Crippen molar-refractivity contribution in [3.05, 3.63) is 53.9 Å². The number of hydrogen-bond donors (Lipinski definition) is 1. The van der Waals surface area contributed by atoms with Crippen molar-refractivity contribution in [2.45, 2.75) is 19.4 Å². The first-order valence-electron chi connectivity index (χ1n) is 5.99. The van der Waals surface area contributed by atoms with Gasteiger partial charge in [-0.05, 0) is 18.6 Å². The van der Waals surface area contributed by atoms with Gasteiger partial charge in [-0.25, -0.2) is 0 Å². The molecule has 0 saturated heterocycles. The molecular weight excluding hydrogens is 228 g/mol. The summed E-state index contributed by atoms with van der Waals surface area (Å²) in [6.45, 7) is 2.68. The summed E-state index contributed by atoms with van der Waals surface area (Å²) in [6, 6.07) is 9.24. The van der Waals surface area contributed by atoms with E-state index in [1.54, 1.807) is 18.5 Å². The SMILES string of the molecule is CCCOc1ccccc1C(O)c1ccnnc1. The van der Waals surface area contributed by atoms with Gasteiger partial charge in [0.2, 0.25) is 0 Å². The van der Waals surface area contributed by atoms with Crippen LogP contribution >= 0.6 is 0 Å². The Labute approximate surface area is 106 Å². The van der Waals surface area contributed by atoms with Crippen molar-refractivity contribution in [1.82, 2.24) is 10.2 Å². The van der Waals surface area contributed by atoms with E-state index >= 15 is 0 Å². The average Bonchev–Trinajstić information content (AvgIpc) is 2.45. The molecule has 18 heavy (non-hydrogen) atoms. The number of benzene rings is 1. The maximum Gasteiger partial charge on any atom is 0.125 e. The molecule has 1 unspecified atom stereocenters. The fourth-order valence-electron chi connectivity index (χ4n) is 1.69. The summed E-state index contributed by atoms with van der Waals surface area (Å²) < 4.78 is 5.63. The highest BCUT2D eigenvalue weighted by Crippen LogP contribution is 2.29. The van der Waals surface area contributed by atoms with Gasteiger partial charge >= 0.3 is 0 Å². The molecule has 0 amide bonds. The van der Waals surface area contributed by atoms with E-state index < -0.39 is 6.10 Å². The monoisotopic (exact) mass is 244 g/mol. The number of aliphatic hydroxyl groups excluding tert-OH is 1. The molecule has 0 fully saturated rings. The van der Waals surface area contributed by atoms with Gasteiger partial charge in [0.15, 0.2) is 0 Å². The van der Waals surface area contributed by atoms with Crippen LogP contribution in [0.5, 0.6) is 5.75 Å². The van der Waals surface area contributed by atoms with Gasteiger partial charge in [0.1, 0.15) is 11.9 Å². The zero-order valence-corrected chi connectivity index (χ0v) is 10.3. The first-order chi connectivity index (χ1) is 8.83. The van der Waals surface area contributed by atoms with Crippen LogP contribution in [0.2, 0.25) is 0 Å². The Morgan fingerprint density at radius 3 is 2.78 bits per heavy atom. The van der Waals surface area contributed by atoms with Crippen molar-refractivity contribution in [3.8, 4) is 5.75 Å². The number of aromatic nitrogens is 2. The van der Waals surface area contributed by atoms with Crippen LogP contribution in [0.25, 0.3) is 0 Å². The summed E-state index contributed by atoms with van der Waals surface area (Å²) >= 11 is 0. The quantitative estimate of drug-likeness (QED) is 0.877. The molecule has 0 aliphatic rings. The van der Waals surface area contributed by atoms with Crippen molar-refractivity contribution in [1.29, 1.82) is 0 Å². The molecule has 1 N–H and O–H groups in total. The number of aliphatic hydroxyl groups is 1. The zero-order chi connectivity index (χ0) is 12.8. The van der Waals surface area contributed by atoms with Crippen LogP contribution in [0, 0.1) is 0 Å². The predicted molar refractivity (Wildman–Crippen MR) is 68.3 cm³/mol. The average molecular weight is 244 g/mol. The third kappa shape index (κ3) is 2.84. The molecule has 1 atom stereocenters. The van der Waals surface area contributed by atoms with Crippen LogP contribution in [0.1, 0.15) is 30.6 Å². The van der Waals surface area contributed by atoms with Crippen LogP contribution in [0.3, 0.4) is 0 Å². The predicted octanol–water partition coefficient (Wildman–Crippen LogP) is 2.35. The minimum atomic E-state index is -0.742. The highest BCUT2D eigenvalue weighted by atomic mass is 16.5. The van der Waals surface area contributed by atoms with Crippen LogP contribution < -0.4 is 4.74 Å². The second-order valence-corrected chi connectivity index (χ2v) is 3.96. The molecule has 0 radical (unpaired) electrons. The van der Waals surface area contributed by atoms with Gasteiger partial charge in [-0.2, -0.15) is 10.2 Å². The number of rotatable bonds is 5. The van der Waals surface area contributed by atoms with Crippen LogP contribution in [-0.2, 0) is 0 Å². The fourth-order valence-corrected chi connectivity index (χ4v) is 1.69. The summed E-state index contributed by atoms with van der Waals surface area (Å²) in [6.07, 6.45) is 3.31. The van der Waals surface area contributed by atoms with Crippen molar-refractivity contribution < 1.29 is 9.84 Å². The molecule has 1 heterocycles. The molecule has 4 heteroatoms. The molecule has 4 nitrogen and oxygen atoms in total. The largest absolute Gasteiger partial charge is 0.493 e. The highest BCUT2D eigenvalue weighted by Gasteiger charge is 2.15. The van der Waals surface area contributed by atoms with Crippen LogP contribution in [-0.4, -0.2) is 21.9 Å². The summed E-state index contributed by atoms with van der Waals surface area (Å²) in [5.41, 5.74) is 1.46. The number of hydrogen-bond acceptors (Lipinski definition) is 4. The van der Waals surface area contributed by atoms with Crippen LogP contribution in [0.4, 0.5) is 0 Å². The van der Waals surface area contributed by atoms with Gasteiger partial charge < -0.3 is 9.84 Å². The minimum absolute atomic E-state index is 0.637. The third-order valence-electron chi connectivity index (χ3n) is 2.60. The lowest BCUT2D eigenvalue weighted by molar-refractivity contribution is 0.210. The van der Waals surface area contributed by atoms with Crippen molar-refractivity contribution in [2.75, 3.05) is 6.61 Å². The Hall–Kier alpha value is -1.94. The van der Waals surface area contributed by atoms with Gasteiger partial charge in [0.25, 0.3) is 0 Å². The molecule has 0 saturated carbocycles. The molecule has 0 bridgehead atoms. The van der Waals surface area contributed by atoms with E-state index in [0.29, 0.717) is 17.9 Å². The first-order valence-corrected chi connectivity index (χ1v) is 5.99. The Balaban J connectivity index is 2.27. The van der Waals surface area contributed by atoms with Crippen LogP contribution in [0.15, 0.2) is 42.7 Å². The third-order valence-corrected chi connectivity index (χ3v) is 2.60. The highest BCUT2D eigenvalue weighted by molar-refractivity contribution is 5.39. The number of ether oxygens (including phenoxy) is 1. The fraction of sp³-hybridized carbons (Fsp3) is 0.286. The molecular formula is C14H16N2O2. The lowest BCUT2D eigenvalue weighted by atomic mass is 10.0. The van der Waals surface area contributed by atoms with Gasteiger partial charge in [-0.1, -0.05) is 25.1 Å². The van der Waals surface area contributed by atoms with Gasteiger partial charge in [-0.3, -0.25) is 0 Å². The first kappa shape index (κ1) is 12.5. The molecule has 0 aliphatic carbocycles. The van der Waals surface area contributed by atoms with Gasteiger partial charge in [-0.15, -0.1) is 0 Å². The Morgan fingerprint density at radius 1 is 1.22 bits per heavy atom. The molecule has 0 aliphatic heterocycles. The second-order valence-electron chi connectivity index (χ2n) is 3.96. The summed E-state index contributed by atoms with van der Waals surface area (Å²) in [4.78, 5) is 0. The number of nitrogens with zero attached hydrogens (tertiary/aromatic N) is 2. The molecule has 1 aromatic heterocycles. The Kier molecular flexibility index (Phi) is 4.25. The van der Waals surface area contributed by atoms with E-state index in [4.69, 9.17) is 4.74 Å². The van der Waals surface area contributed by atoms with E-state index in [9.17, 15) is 5.11 Å². The molecule has 94 valence electrons. The number of para-hydroxylation sites is 1. The van der Waals surface area contributed by atoms with Gasteiger partial charge in [0.05, 0.1) is 12.8 Å². The van der Waals surface area contributed by atoms with E-state index in [1.807, 2.05) is 31.2 Å². The molecule has 2 aromatic rings. The molecule has 1 aromatic carbocycles. The van der Waals surface area contributed by atoms with E-state index in [1.165, 1.54) is 0 Å². The molecule has 0 spiro atoms. The standard InChI is InChI=1S/C14H16N2O2/c1-2-9-18-13-6-4-3-5-12(13)14(17)11-7-8-15-16-10-11/h3-8,10,14,17H,2,9H2,1H3. The second kappa shape index (κ2) is 6.12. The summed E-state index contributed by atoms with van der Waals surface area (Å²) in [5.74, 6) is 0.712. The normalized spacial score (nSPS) is 12.1. The van der Waals surface area contributed by atoms with Gasteiger partial charge in [0, 0.05) is 17.3 Å². The van der Waals surface area contributed by atoms with E-state index in [0.717, 1.165) is 12.0 Å². The minimum Gasteiger partial charge on any atom is -0.493 e. The Bertz CT molecular complexity index is 488. The lowest BCUT2D eigenvalue weighted by Gasteiger charge is -2.15. The smallest absolute Gasteiger partial charge is 0.125 e.